The molecule has 1 amide bonds. The molecule has 6 heteroatoms. The summed E-state index contributed by atoms with van der Waals surface area (Å²) in [6.45, 7) is 6.62. The summed E-state index contributed by atoms with van der Waals surface area (Å²) in [5, 5.41) is 12.3. The lowest BCUT2D eigenvalue weighted by molar-refractivity contribution is 0.0502. The van der Waals surface area contributed by atoms with Gasteiger partial charge in [0.05, 0.1) is 6.61 Å². The number of aliphatic hydroxyl groups excluding tert-OH is 1. The van der Waals surface area contributed by atoms with E-state index in [1.807, 2.05) is 0 Å². The van der Waals surface area contributed by atoms with E-state index >= 15 is 0 Å². The van der Waals surface area contributed by atoms with Crippen LogP contribution in [0.2, 0.25) is 0 Å². The molecule has 124 valence electrons. The number of aliphatic hydroxyl groups is 1. The van der Waals surface area contributed by atoms with Crippen molar-refractivity contribution >= 4 is 6.09 Å². The third-order valence-corrected chi connectivity index (χ3v) is 3.42. The Labute approximate surface area is 129 Å². The first kappa shape index (κ1) is 18.4. The van der Waals surface area contributed by atoms with E-state index in [0.29, 0.717) is 12.0 Å². The number of nitrogens with one attached hydrogen (secondary N) is 1. The van der Waals surface area contributed by atoms with Crippen molar-refractivity contribution in [2.45, 2.75) is 45.1 Å². The van der Waals surface area contributed by atoms with Gasteiger partial charge < -0.3 is 15.2 Å². The van der Waals surface area contributed by atoms with Gasteiger partial charge in [0.1, 0.15) is 17.2 Å². The third-order valence-electron chi connectivity index (χ3n) is 3.42. The third kappa shape index (κ3) is 4.94. The van der Waals surface area contributed by atoms with Crippen LogP contribution in [0.5, 0.6) is 0 Å². The van der Waals surface area contributed by atoms with Gasteiger partial charge in [-0.1, -0.05) is 6.92 Å². The predicted octanol–water partition coefficient (Wildman–Crippen LogP) is 3.13. The first-order valence-corrected chi connectivity index (χ1v) is 7.16. The van der Waals surface area contributed by atoms with Gasteiger partial charge in [-0.05, 0) is 44.9 Å². The maximum atomic E-state index is 13.4. The molecule has 0 spiro atoms. The van der Waals surface area contributed by atoms with Gasteiger partial charge in [0.15, 0.2) is 0 Å². The van der Waals surface area contributed by atoms with Crippen molar-refractivity contribution in [1.82, 2.24) is 5.32 Å². The van der Waals surface area contributed by atoms with E-state index in [4.69, 9.17) is 4.74 Å². The zero-order valence-electron chi connectivity index (χ0n) is 13.4. The number of rotatable bonds is 5. The van der Waals surface area contributed by atoms with Crippen molar-refractivity contribution in [3.63, 3.8) is 0 Å². The maximum Gasteiger partial charge on any atom is 0.407 e. The highest BCUT2D eigenvalue weighted by molar-refractivity contribution is 5.67. The highest BCUT2D eigenvalue weighted by Gasteiger charge is 2.32. The van der Waals surface area contributed by atoms with Gasteiger partial charge in [0.25, 0.3) is 0 Å². The number of hydrogen-bond acceptors (Lipinski definition) is 3. The van der Waals surface area contributed by atoms with E-state index in [-0.39, 0.29) is 13.2 Å². The maximum absolute atomic E-state index is 13.4. The molecule has 0 aliphatic heterocycles. The number of halogens is 2. The molecule has 1 aromatic carbocycles. The van der Waals surface area contributed by atoms with Crippen molar-refractivity contribution in [2.75, 3.05) is 13.2 Å². The minimum atomic E-state index is -0.972. The van der Waals surface area contributed by atoms with E-state index in [9.17, 15) is 18.7 Å². The first-order valence-electron chi connectivity index (χ1n) is 7.16. The Morgan fingerprint density at radius 3 is 2.18 bits per heavy atom. The molecule has 0 aromatic heterocycles. The molecule has 0 aliphatic carbocycles. The molecule has 1 aromatic rings. The van der Waals surface area contributed by atoms with Crippen molar-refractivity contribution in [2.24, 2.45) is 0 Å². The largest absolute Gasteiger partial charge is 0.444 e. The Hall–Kier alpha value is -1.69. The second-order valence-electron chi connectivity index (χ2n) is 6.31. The zero-order valence-corrected chi connectivity index (χ0v) is 13.4. The molecule has 0 bridgehead atoms. The Kier molecular flexibility index (Phi) is 5.88. The summed E-state index contributed by atoms with van der Waals surface area (Å²) in [4.78, 5) is 11.7. The second kappa shape index (κ2) is 7.05. The van der Waals surface area contributed by atoms with Gasteiger partial charge in [-0.2, -0.15) is 0 Å². The number of hydrogen-bond donors (Lipinski definition) is 2. The molecular weight excluding hydrogens is 292 g/mol. The van der Waals surface area contributed by atoms with Crippen LogP contribution in [0, 0.1) is 11.6 Å². The average Bonchev–Trinajstić information content (AvgIpc) is 2.37. The summed E-state index contributed by atoms with van der Waals surface area (Å²) in [6, 6.07) is 3.10. The Morgan fingerprint density at radius 1 is 1.23 bits per heavy atom. The molecule has 0 saturated carbocycles. The Morgan fingerprint density at radius 2 is 1.77 bits per heavy atom. The SMILES string of the molecule is CCC(CO)(CNC(=O)OC(C)(C)C)c1cc(F)cc(F)c1. The predicted molar refractivity (Wildman–Crippen MR) is 79.6 cm³/mol. The Balaban J connectivity index is 2.94. The Bertz CT molecular complexity index is 502. The van der Waals surface area contributed by atoms with Crippen molar-refractivity contribution < 1.29 is 23.4 Å². The van der Waals surface area contributed by atoms with Crippen LogP contribution in [-0.4, -0.2) is 30.0 Å². The van der Waals surface area contributed by atoms with E-state index in [2.05, 4.69) is 5.32 Å². The normalized spacial score (nSPS) is 14.3. The summed E-state index contributed by atoms with van der Waals surface area (Å²) >= 11 is 0. The summed E-state index contributed by atoms with van der Waals surface area (Å²) in [5.74, 6) is -1.45. The molecule has 22 heavy (non-hydrogen) atoms. The summed E-state index contributed by atoms with van der Waals surface area (Å²) in [5.41, 5.74) is -1.32. The molecule has 0 fully saturated rings. The fourth-order valence-electron chi connectivity index (χ4n) is 2.11. The average molecular weight is 315 g/mol. The van der Waals surface area contributed by atoms with Crippen molar-refractivity contribution in [3.8, 4) is 0 Å². The monoisotopic (exact) mass is 315 g/mol. The molecule has 0 saturated heterocycles. The molecule has 4 nitrogen and oxygen atoms in total. The van der Waals surface area contributed by atoms with Crippen LogP contribution in [0.4, 0.5) is 13.6 Å². The van der Waals surface area contributed by atoms with Gasteiger partial charge in [0.2, 0.25) is 0 Å². The van der Waals surface area contributed by atoms with Crippen LogP contribution in [0.3, 0.4) is 0 Å². The molecule has 1 unspecified atom stereocenters. The van der Waals surface area contributed by atoms with Gasteiger partial charge in [0, 0.05) is 18.0 Å². The molecule has 0 radical (unpaired) electrons. The molecule has 0 aliphatic rings. The smallest absolute Gasteiger partial charge is 0.407 e. The van der Waals surface area contributed by atoms with Crippen LogP contribution in [0.1, 0.15) is 39.7 Å². The molecular formula is C16H23F2NO3. The zero-order chi connectivity index (χ0) is 17.0. The van der Waals surface area contributed by atoms with E-state index < -0.39 is 28.7 Å². The lowest BCUT2D eigenvalue weighted by Crippen LogP contribution is -2.44. The molecule has 1 atom stereocenters. The van der Waals surface area contributed by atoms with Gasteiger partial charge in [-0.3, -0.25) is 0 Å². The van der Waals surface area contributed by atoms with E-state index in [1.165, 1.54) is 12.1 Å². The summed E-state index contributed by atoms with van der Waals surface area (Å²) in [7, 11) is 0. The minimum Gasteiger partial charge on any atom is -0.444 e. The quantitative estimate of drug-likeness (QED) is 0.877. The fraction of sp³-hybridized carbons (Fsp3) is 0.562. The number of amides is 1. The highest BCUT2D eigenvalue weighted by Crippen LogP contribution is 2.28. The van der Waals surface area contributed by atoms with Crippen LogP contribution in [0.15, 0.2) is 18.2 Å². The van der Waals surface area contributed by atoms with E-state index in [1.54, 1.807) is 27.7 Å². The first-order chi connectivity index (χ1) is 10.1. The van der Waals surface area contributed by atoms with Crippen LogP contribution < -0.4 is 5.32 Å². The number of carbonyl (C=O) groups excluding carboxylic acids is 1. The fourth-order valence-corrected chi connectivity index (χ4v) is 2.11. The molecule has 2 N–H and O–H groups in total. The molecule has 0 heterocycles. The lowest BCUT2D eigenvalue weighted by atomic mass is 9.78. The summed E-state index contributed by atoms with van der Waals surface area (Å²) < 4.78 is 32.0. The van der Waals surface area contributed by atoms with Gasteiger partial charge >= 0.3 is 6.09 Å². The minimum absolute atomic E-state index is 0.0117. The standard InChI is InChI=1S/C16H23F2NO3/c1-5-16(10-20,9-19-14(21)22-15(2,3)4)11-6-12(17)8-13(18)7-11/h6-8,20H,5,9-10H2,1-4H3,(H,19,21). The van der Waals surface area contributed by atoms with E-state index in [0.717, 1.165) is 6.07 Å². The van der Waals surface area contributed by atoms with Crippen molar-refractivity contribution in [3.05, 3.63) is 35.4 Å². The topological polar surface area (TPSA) is 58.6 Å². The lowest BCUT2D eigenvalue weighted by Gasteiger charge is -2.32. The number of alkyl carbamates (subject to hydrolysis) is 1. The summed E-state index contributed by atoms with van der Waals surface area (Å²) in [6.07, 6.45) is -0.252. The van der Waals surface area contributed by atoms with Gasteiger partial charge in [-0.15, -0.1) is 0 Å². The van der Waals surface area contributed by atoms with Crippen LogP contribution in [0.25, 0.3) is 0 Å². The van der Waals surface area contributed by atoms with Gasteiger partial charge in [-0.25, -0.2) is 13.6 Å². The van der Waals surface area contributed by atoms with Crippen molar-refractivity contribution in [1.29, 1.82) is 0 Å². The number of carbonyl (C=O) groups is 1. The number of benzene rings is 1. The number of ether oxygens (including phenoxy) is 1. The second-order valence-corrected chi connectivity index (χ2v) is 6.31. The van der Waals surface area contributed by atoms with Crippen LogP contribution in [-0.2, 0) is 10.2 Å². The van der Waals surface area contributed by atoms with Crippen LogP contribution >= 0.6 is 0 Å². The highest BCUT2D eigenvalue weighted by atomic mass is 19.1. The molecule has 1 rings (SSSR count).